The summed E-state index contributed by atoms with van der Waals surface area (Å²) in [5, 5.41) is 8.08. The minimum absolute atomic E-state index is 0.315. The molecule has 0 saturated carbocycles. The quantitative estimate of drug-likeness (QED) is 0.906. The summed E-state index contributed by atoms with van der Waals surface area (Å²) < 4.78 is 3.03. The standard InChI is InChI=1S/C15H20BrN3/c1-5-14(12-6-8-13(16)9-7-12)17-15-10(2)18-19(4)11(15)3/h6-9,14,17H,5H2,1-4H3. The van der Waals surface area contributed by atoms with Crippen molar-refractivity contribution >= 4 is 21.6 Å². The van der Waals surface area contributed by atoms with E-state index >= 15 is 0 Å². The third-order valence-corrected chi connectivity index (χ3v) is 4.04. The third-order valence-electron chi connectivity index (χ3n) is 3.51. The van der Waals surface area contributed by atoms with Gasteiger partial charge in [-0.25, -0.2) is 0 Å². The Hall–Kier alpha value is -1.29. The number of benzene rings is 1. The van der Waals surface area contributed by atoms with Crippen molar-refractivity contribution in [1.82, 2.24) is 9.78 Å². The number of halogens is 1. The van der Waals surface area contributed by atoms with Gasteiger partial charge in [-0.3, -0.25) is 4.68 Å². The number of anilines is 1. The normalized spacial score (nSPS) is 12.5. The van der Waals surface area contributed by atoms with E-state index in [0.717, 1.165) is 22.3 Å². The van der Waals surface area contributed by atoms with Crippen LogP contribution in [0, 0.1) is 13.8 Å². The van der Waals surface area contributed by atoms with E-state index in [9.17, 15) is 0 Å². The number of hydrogen-bond acceptors (Lipinski definition) is 2. The van der Waals surface area contributed by atoms with Gasteiger partial charge in [-0.15, -0.1) is 0 Å². The Kier molecular flexibility index (Phi) is 4.30. The van der Waals surface area contributed by atoms with Crippen LogP contribution < -0.4 is 5.32 Å². The Bertz CT molecular complexity index is 558. The summed E-state index contributed by atoms with van der Waals surface area (Å²) >= 11 is 3.48. The molecule has 3 nitrogen and oxygen atoms in total. The van der Waals surface area contributed by atoms with Crippen LogP contribution in [0.25, 0.3) is 0 Å². The highest BCUT2D eigenvalue weighted by atomic mass is 79.9. The first-order chi connectivity index (χ1) is 9.02. The van der Waals surface area contributed by atoms with Gasteiger partial charge >= 0.3 is 0 Å². The van der Waals surface area contributed by atoms with E-state index in [1.807, 2.05) is 18.7 Å². The zero-order chi connectivity index (χ0) is 14.0. The maximum absolute atomic E-state index is 4.45. The van der Waals surface area contributed by atoms with Crippen molar-refractivity contribution in [3.8, 4) is 0 Å². The fraction of sp³-hybridized carbons (Fsp3) is 0.400. The number of nitrogens with one attached hydrogen (secondary N) is 1. The summed E-state index contributed by atoms with van der Waals surface area (Å²) in [5.41, 5.74) is 4.68. The summed E-state index contributed by atoms with van der Waals surface area (Å²) in [6.45, 7) is 6.33. The molecule has 0 spiro atoms. The van der Waals surface area contributed by atoms with Gasteiger partial charge < -0.3 is 5.32 Å². The predicted octanol–water partition coefficient (Wildman–Crippen LogP) is 4.36. The molecule has 0 bridgehead atoms. The van der Waals surface area contributed by atoms with E-state index in [1.54, 1.807) is 0 Å². The Morgan fingerprint density at radius 2 is 1.89 bits per heavy atom. The van der Waals surface area contributed by atoms with Crippen molar-refractivity contribution in [2.45, 2.75) is 33.2 Å². The average molecular weight is 322 g/mol. The van der Waals surface area contributed by atoms with Gasteiger partial charge in [0, 0.05) is 11.5 Å². The Morgan fingerprint density at radius 3 is 2.37 bits per heavy atom. The first-order valence-electron chi connectivity index (χ1n) is 6.55. The Labute approximate surface area is 123 Å². The van der Waals surface area contributed by atoms with Gasteiger partial charge in [0.2, 0.25) is 0 Å². The number of rotatable bonds is 4. The molecule has 1 N–H and O–H groups in total. The summed E-state index contributed by atoms with van der Waals surface area (Å²) in [7, 11) is 1.98. The minimum atomic E-state index is 0.315. The average Bonchev–Trinajstić information content (AvgIpc) is 2.63. The number of hydrogen-bond donors (Lipinski definition) is 1. The van der Waals surface area contributed by atoms with E-state index in [-0.39, 0.29) is 0 Å². The van der Waals surface area contributed by atoms with Crippen molar-refractivity contribution in [1.29, 1.82) is 0 Å². The van der Waals surface area contributed by atoms with E-state index < -0.39 is 0 Å². The lowest BCUT2D eigenvalue weighted by atomic mass is 10.0. The molecule has 1 heterocycles. The molecular weight excluding hydrogens is 302 g/mol. The molecule has 19 heavy (non-hydrogen) atoms. The maximum atomic E-state index is 4.45. The number of aromatic nitrogens is 2. The second-order valence-electron chi connectivity index (χ2n) is 4.83. The van der Waals surface area contributed by atoms with Crippen LogP contribution in [0.4, 0.5) is 5.69 Å². The molecule has 1 atom stereocenters. The zero-order valence-corrected chi connectivity index (χ0v) is 13.5. The molecule has 2 aromatic rings. The highest BCUT2D eigenvalue weighted by molar-refractivity contribution is 9.10. The van der Waals surface area contributed by atoms with Crippen LogP contribution >= 0.6 is 15.9 Å². The molecule has 1 aromatic carbocycles. The molecule has 4 heteroatoms. The van der Waals surface area contributed by atoms with E-state index in [0.29, 0.717) is 6.04 Å². The second kappa shape index (κ2) is 5.78. The summed E-state index contributed by atoms with van der Waals surface area (Å²) in [4.78, 5) is 0. The molecule has 0 amide bonds. The second-order valence-corrected chi connectivity index (χ2v) is 5.74. The minimum Gasteiger partial charge on any atom is -0.375 e. The lowest BCUT2D eigenvalue weighted by Gasteiger charge is -2.19. The molecule has 1 aromatic heterocycles. The van der Waals surface area contributed by atoms with E-state index in [4.69, 9.17) is 0 Å². The van der Waals surface area contributed by atoms with Crippen LogP contribution in [0.1, 0.15) is 36.3 Å². The number of nitrogens with zero attached hydrogens (tertiary/aromatic N) is 2. The van der Waals surface area contributed by atoms with Gasteiger partial charge in [-0.2, -0.15) is 5.10 Å². The van der Waals surface area contributed by atoms with Crippen LogP contribution in [0.5, 0.6) is 0 Å². The molecule has 0 saturated heterocycles. The summed E-state index contributed by atoms with van der Waals surface area (Å²) in [6.07, 6.45) is 1.04. The fourth-order valence-electron chi connectivity index (χ4n) is 2.27. The molecule has 0 aliphatic rings. The topological polar surface area (TPSA) is 29.9 Å². The third kappa shape index (κ3) is 3.00. The monoisotopic (exact) mass is 321 g/mol. The van der Waals surface area contributed by atoms with Crippen molar-refractivity contribution in [2.24, 2.45) is 7.05 Å². The van der Waals surface area contributed by atoms with Crippen molar-refractivity contribution < 1.29 is 0 Å². The largest absolute Gasteiger partial charge is 0.375 e. The Balaban J connectivity index is 2.26. The lowest BCUT2D eigenvalue weighted by Crippen LogP contribution is -2.11. The molecule has 102 valence electrons. The highest BCUT2D eigenvalue weighted by Crippen LogP contribution is 2.27. The maximum Gasteiger partial charge on any atom is 0.0828 e. The van der Waals surface area contributed by atoms with Crippen LogP contribution in [0.2, 0.25) is 0 Å². The summed E-state index contributed by atoms with van der Waals surface area (Å²) in [5.74, 6) is 0. The molecular formula is C15H20BrN3. The van der Waals surface area contributed by atoms with Crippen molar-refractivity contribution in [3.05, 3.63) is 45.7 Å². The highest BCUT2D eigenvalue weighted by Gasteiger charge is 2.15. The molecule has 2 rings (SSSR count). The molecule has 0 aliphatic carbocycles. The SMILES string of the molecule is CCC(Nc1c(C)nn(C)c1C)c1ccc(Br)cc1. The van der Waals surface area contributed by atoms with Gasteiger partial charge in [0.05, 0.1) is 23.1 Å². The number of aryl methyl sites for hydroxylation is 2. The van der Waals surface area contributed by atoms with Gasteiger partial charge in [-0.05, 0) is 38.0 Å². The molecule has 0 radical (unpaired) electrons. The van der Waals surface area contributed by atoms with Crippen LogP contribution in [-0.4, -0.2) is 9.78 Å². The first kappa shape index (κ1) is 14.1. The van der Waals surface area contributed by atoms with Crippen LogP contribution in [-0.2, 0) is 7.05 Å². The van der Waals surface area contributed by atoms with E-state index in [2.05, 4.69) is 64.5 Å². The van der Waals surface area contributed by atoms with Gasteiger partial charge in [0.15, 0.2) is 0 Å². The van der Waals surface area contributed by atoms with Gasteiger partial charge in [-0.1, -0.05) is 35.0 Å². The van der Waals surface area contributed by atoms with Gasteiger partial charge in [0.25, 0.3) is 0 Å². The molecule has 0 fully saturated rings. The Morgan fingerprint density at radius 1 is 1.26 bits per heavy atom. The lowest BCUT2D eigenvalue weighted by molar-refractivity contribution is 0.728. The predicted molar refractivity (Wildman–Crippen MR) is 83.5 cm³/mol. The zero-order valence-electron chi connectivity index (χ0n) is 11.9. The van der Waals surface area contributed by atoms with Crippen molar-refractivity contribution in [3.63, 3.8) is 0 Å². The molecule has 1 unspecified atom stereocenters. The van der Waals surface area contributed by atoms with Crippen LogP contribution in [0.3, 0.4) is 0 Å². The van der Waals surface area contributed by atoms with E-state index in [1.165, 1.54) is 11.3 Å². The fourth-order valence-corrected chi connectivity index (χ4v) is 2.54. The van der Waals surface area contributed by atoms with Crippen LogP contribution in [0.15, 0.2) is 28.7 Å². The van der Waals surface area contributed by atoms with Gasteiger partial charge in [0.1, 0.15) is 0 Å². The summed E-state index contributed by atoms with van der Waals surface area (Å²) in [6, 6.07) is 8.80. The van der Waals surface area contributed by atoms with Crippen molar-refractivity contribution in [2.75, 3.05) is 5.32 Å². The first-order valence-corrected chi connectivity index (χ1v) is 7.34. The smallest absolute Gasteiger partial charge is 0.0828 e. The molecule has 0 aliphatic heterocycles.